The number of para-hydroxylation sites is 1. The first kappa shape index (κ1) is 16.2. The third kappa shape index (κ3) is 2.42. The lowest BCUT2D eigenvalue weighted by atomic mass is 9.95. The van der Waals surface area contributed by atoms with Crippen LogP contribution in [0.15, 0.2) is 48.5 Å². The molecule has 1 aliphatic heterocycles. The summed E-state index contributed by atoms with van der Waals surface area (Å²) in [6, 6.07) is 13.5. The van der Waals surface area contributed by atoms with Crippen LogP contribution in [-0.2, 0) is 0 Å². The van der Waals surface area contributed by atoms with Crippen molar-refractivity contribution in [2.24, 2.45) is 0 Å². The summed E-state index contributed by atoms with van der Waals surface area (Å²) in [5, 5.41) is 27.3. The van der Waals surface area contributed by atoms with Crippen LogP contribution < -0.4 is 0 Å². The molecule has 0 fully saturated rings. The van der Waals surface area contributed by atoms with Crippen molar-refractivity contribution in [3.05, 3.63) is 65.4 Å². The number of nitrogens with one attached hydrogen (secondary N) is 1. The van der Waals surface area contributed by atoms with E-state index in [9.17, 15) is 15.0 Å². The molecule has 6 nitrogen and oxygen atoms in total. The van der Waals surface area contributed by atoms with Crippen molar-refractivity contribution in [3.63, 3.8) is 0 Å². The first-order valence-electron chi connectivity index (χ1n) is 8.58. The molecule has 3 N–H and O–H groups in total. The Bertz CT molecular complexity index is 980. The summed E-state index contributed by atoms with van der Waals surface area (Å²) in [6.45, 7) is 2.60. The molecule has 1 amide bonds. The number of benzene rings is 2. The fourth-order valence-corrected chi connectivity index (χ4v) is 3.59. The molecule has 2 heterocycles. The number of nitrogens with zero attached hydrogens (tertiary/aromatic N) is 2. The second kappa shape index (κ2) is 6.22. The van der Waals surface area contributed by atoms with Gasteiger partial charge in [0, 0.05) is 17.7 Å². The maximum Gasteiger partial charge on any atom is 0.273 e. The number of aromatic nitrogens is 2. The second-order valence-electron chi connectivity index (χ2n) is 6.37. The van der Waals surface area contributed by atoms with Crippen molar-refractivity contribution in [3.8, 4) is 22.8 Å². The first-order valence-corrected chi connectivity index (χ1v) is 8.58. The van der Waals surface area contributed by atoms with E-state index in [4.69, 9.17) is 0 Å². The Kier molecular flexibility index (Phi) is 3.88. The molecular formula is C20H19N3O3. The summed E-state index contributed by atoms with van der Waals surface area (Å²) in [7, 11) is 0. The fraction of sp³-hybridized carbons (Fsp3) is 0.200. The summed E-state index contributed by atoms with van der Waals surface area (Å²) in [5.74, 6) is 0.134. The number of rotatable bonds is 4. The Morgan fingerprint density at radius 2 is 1.96 bits per heavy atom. The van der Waals surface area contributed by atoms with Gasteiger partial charge < -0.3 is 15.1 Å². The van der Waals surface area contributed by atoms with Gasteiger partial charge in [0.25, 0.3) is 5.91 Å². The molecule has 6 heteroatoms. The van der Waals surface area contributed by atoms with E-state index in [1.807, 2.05) is 19.1 Å². The summed E-state index contributed by atoms with van der Waals surface area (Å²) in [6.07, 6.45) is 0.810. The minimum Gasteiger partial charge on any atom is -0.508 e. The number of phenolic OH excluding ortho intramolecular Hbond substituents is 2. The van der Waals surface area contributed by atoms with Crippen LogP contribution in [0.4, 0.5) is 0 Å². The average molecular weight is 349 g/mol. The van der Waals surface area contributed by atoms with Gasteiger partial charge in [-0.1, -0.05) is 31.2 Å². The summed E-state index contributed by atoms with van der Waals surface area (Å²) >= 11 is 0. The van der Waals surface area contributed by atoms with Crippen LogP contribution in [0.3, 0.4) is 0 Å². The number of aromatic amines is 1. The van der Waals surface area contributed by atoms with E-state index < -0.39 is 0 Å². The molecule has 0 bridgehead atoms. The van der Waals surface area contributed by atoms with Crippen molar-refractivity contribution in [1.29, 1.82) is 0 Å². The number of amides is 1. The Balaban J connectivity index is 1.93. The zero-order chi connectivity index (χ0) is 18.3. The van der Waals surface area contributed by atoms with E-state index in [1.165, 1.54) is 0 Å². The largest absolute Gasteiger partial charge is 0.508 e. The van der Waals surface area contributed by atoms with E-state index in [0.717, 1.165) is 17.5 Å². The molecule has 0 spiro atoms. The Labute approximate surface area is 150 Å². The molecule has 4 rings (SSSR count). The van der Waals surface area contributed by atoms with Gasteiger partial charge in [0.2, 0.25) is 0 Å². The molecule has 0 saturated carbocycles. The lowest BCUT2D eigenvalue weighted by Crippen LogP contribution is -2.30. The third-order valence-corrected chi connectivity index (χ3v) is 4.67. The van der Waals surface area contributed by atoms with Gasteiger partial charge in [-0.05, 0) is 36.2 Å². The van der Waals surface area contributed by atoms with E-state index >= 15 is 0 Å². The van der Waals surface area contributed by atoms with Crippen molar-refractivity contribution < 1.29 is 15.0 Å². The topological polar surface area (TPSA) is 89.5 Å². The molecule has 0 radical (unpaired) electrons. The minimum atomic E-state index is -0.363. The highest BCUT2D eigenvalue weighted by atomic mass is 16.3. The number of aromatic hydroxyl groups is 2. The lowest BCUT2D eigenvalue weighted by Gasteiger charge is -2.26. The maximum atomic E-state index is 12.9. The predicted molar refractivity (Wildman–Crippen MR) is 97.0 cm³/mol. The number of fused-ring (bicyclic) bond motifs is 1. The molecule has 0 aliphatic carbocycles. The fourth-order valence-electron chi connectivity index (χ4n) is 3.59. The third-order valence-electron chi connectivity index (χ3n) is 4.67. The number of carbonyl (C=O) groups excluding carboxylic acids is 1. The first-order chi connectivity index (χ1) is 12.6. The molecule has 2 aromatic carbocycles. The van der Waals surface area contributed by atoms with Gasteiger partial charge in [-0.15, -0.1) is 0 Å². The molecule has 0 saturated heterocycles. The van der Waals surface area contributed by atoms with Crippen LogP contribution in [0.25, 0.3) is 11.3 Å². The van der Waals surface area contributed by atoms with E-state index in [0.29, 0.717) is 23.5 Å². The van der Waals surface area contributed by atoms with E-state index in [2.05, 4.69) is 10.2 Å². The van der Waals surface area contributed by atoms with Crippen molar-refractivity contribution in [2.75, 3.05) is 6.54 Å². The molecular weight excluding hydrogens is 330 g/mol. The average Bonchev–Trinajstić information content (AvgIpc) is 3.16. The molecule has 132 valence electrons. The van der Waals surface area contributed by atoms with Gasteiger partial charge >= 0.3 is 0 Å². The van der Waals surface area contributed by atoms with Gasteiger partial charge in [-0.2, -0.15) is 5.10 Å². The molecule has 1 atom stereocenters. The highest BCUT2D eigenvalue weighted by Crippen LogP contribution is 2.44. The summed E-state index contributed by atoms with van der Waals surface area (Å²) < 4.78 is 0. The molecule has 1 aromatic heterocycles. The SMILES string of the molecule is CCCN1C(=O)c2[nH]nc(-c3ccccc3O)c2C1c1cccc(O)c1. The summed E-state index contributed by atoms with van der Waals surface area (Å²) in [4.78, 5) is 14.7. The zero-order valence-electron chi connectivity index (χ0n) is 14.3. The number of hydrogen-bond acceptors (Lipinski definition) is 4. The van der Waals surface area contributed by atoms with Crippen LogP contribution in [0, 0.1) is 0 Å². The smallest absolute Gasteiger partial charge is 0.273 e. The van der Waals surface area contributed by atoms with Crippen LogP contribution in [0.1, 0.15) is 41.0 Å². The predicted octanol–water partition coefficient (Wildman–Crippen LogP) is 3.44. The Hall–Kier alpha value is -3.28. The van der Waals surface area contributed by atoms with Crippen LogP contribution in [0.2, 0.25) is 0 Å². The van der Waals surface area contributed by atoms with Crippen molar-refractivity contribution in [2.45, 2.75) is 19.4 Å². The zero-order valence-corrected chi connectivity index (χ0v) is 14.3. The van der Waals surface area contributed by atoms with Crippen LogP contribution >= 0.6 is 0 Å². The van der Waals surface area contributed by atoms with Crippen LogP contribution in [-0.4, -0.2) is 37.8 Å². The van der Waals surface area contributed by atoms with Gasteiger partial charge in [0.1, 0.15) is 22.9 Å². The Morgan fingerprint density at radius 1 is 1.15 bits per heavy atom. The Morgan fingerprint density at radius 3 is 2.69 bits per heavy atom. The van der Waals surface area contributed by atoms with Crippen molar-refractivity contribution in [1.82, 2.24) is 15.1 Å². The number of H-pyrrole nitrogens is 1. The standard InChI is InChI=1S/C20H19N3O3/c1-2-10-23-19(12-6-5-7-13(24)11-12)16-17(21-22-18(16)20(23)26)14-8-3-4-9-15(14)25/h3-9,11,19,24-25H,2,10H2,1H3,(H,21,22). The minimum absolute atomic E-state index is 0.109. The summed E-state index contributed by atoms with van der Waals surface area (Å²) in [5.41, 5.74) is 3.10. The monoisotopic (exact) mass is 349 g/mol. The lowest BCUT2D eigenvalue weighted by molar-refractivity contribution is 0.0743. The molecule has 1 aliphatic rings. The molecule has 26 heavy (non-hydrogen) atoms. The number of phenols is 2. The van der Waals surface area contributed by atoms with Gasteiger partial charge in [-0.3, -0.25) is 9.89 Å². The van der Waals surface area contributed by atoms with E-state index in [1.54, 1.807) is 41.3 Å². The second-order valence-corrected chi connectivity index (χ2v) is 6.37. The quantitative estimate of drug-likeness (QED) is 0.673. The van der Waals surface area contributed by atoms with Gasteiger partial charge in [-0.25, -0.2) is 0 Å². The number of hydrogen-bond donors (Lipinski definition) is 3. The van der Waals surface area contributed by atoms with Crippen molar-refractivity contribution >= 4 is 5.91 Å². The van der Waals surface area contributed by atoms with Gasteiger partial charge in [0.15, 0.2) is 0 Å². The van der Waals surface area contributed by atoms with Crippen LogP contribution in [0.5, 0.6) is 11.5 Å². The molecule has 1 unspecified atom stereocenters. The van der Waals surface area contributed by atoms with Gasteiger partial charge in [0.05, 0.1) is 6.04 Å². The molecule has 3 aromatic rings. The highest BCUT2D eigenvalue weighted by molar-refractivity contribution is 6.00. The normalized spacial score (nSPS) is 16.1. The number of carbonyl (C=O) groups is 1. The van der Waals surface area contributed by atoms with E-state index in [-0.39, 0.29) is 23.4 Å². The highest BCUT2D eigenvalue weighted by Gasteiger charge is 2.42. The maximum absolute atomic E-state index is 12.9.